The van der Waals surface area contributed by atoms with Gasteiger partial charge < -0.3 is 14.7 Å². The van der Waals surface area contributed by atoms with Crippen molar-refractivity contribution in [2.75, 3.05) is 19.6 Å². The Morgan fingerprint density at radius 2 is 1.96 bits per heavy atom. The average Bonchev–Trinajstić information content (AvgIpc) is 2.83. The number of likely N-dealkylation sites (tertiary alicyclic amines) is 1. The van der Waals surface area contributed by atoms with E-state index in [1.165, 1.54) is 30.4 Å². The molecule has 0 saturated carbocycles. The minimum atomic E-state index is -0.595. The van der Waals surface area contributed by atoms with Crippen LogP contribution in [0.4, 0.5) is 0 Å². The van der Waals surface area contributed by atoms with Gasteiger partial charge in [0, 0.05) is 18.9 Å². The van der Waals surface area contributed by atoms with Crippen LogP contribution < -0.4 is 0 Å². The number of carbonyl (C=O) groups is 1. The summed E-state index contributed by atoms with van der Waals surface area (Å²) in [6, 6.07) is 0. The van der Waals surface area contributed by atoms with Crippen LogP contribution in [-0.2, 0) is 9.53 Å². The molecule has 0 aromatic rings. The first-order valence-corrected chi connectivity index (χ1v) is 9.48. The van der Waals surface area contributed by atoms with Crippen molar-refractivity contribution in [2.45, 2.75) is 64.6 Å². The molecule has 1 N–H and O–H groups in total. The van der Waals surface area contributed by atoms with E-state index in [0.717, 1.165) is 38.9 Å². The van der Waals surface area contributed by atoms with Crippen LogP contribution in [0.25, 0.3) is 0 Å². The molecule has 2 saturated heterocycles. The van der Waals surface area contributed by atoms with Crippen LogP contribution >= 0.6 is 0 Å². The van der Waals surface area contributed by atoms with Gasteiger partial charge in [-0.25, -0.2) is 0 Å². The second kappa shape index (κ2) is 7.83. The number of ether oxygens (including phenoxy) is 1. The standard InChI is InChI=1S/C20H31NO3/c1-14-7-6-8-15(2)12-18-19(17(22)11-14)16(20(23)24-18)13-21-9-4-3-5-10-21/h8,11,16-19,22H,3-7,9-10,12-13H2,1-2H3/b14-11-,15-8-/t16-,17-,18+,19-/m1/s1. The van der Waals surface area contributed by atoms with Crippen LogP contribution in [0.15, 0.2) is 23.3 Å². The molecule has 0 aromatic heterocycles. The molecular formula is C20H31NO3. The normalized spacial score (nSPS) is 40.0. The molecule has 4 heteroatoms. The van der Waals surface area contributed by atoms with Gasteiger partial charge >= 0.3 is 5.97 Å². The summed E-state index contributed by atoms with van der Waals surface area (Å²) < 4.78 is 5.73. The number of allylic oxidation sites excluding steroid dienone is 2. The van der Waals surface area contributed by atoms with Crippen molar-refractivity contribution < 1.29 is 14.6 Å². The lowest BCUT2D eigenvalue weighted by Crippen LogP contribution is -2.41. The maximum atomic E-state index is 12.5. The summed E-state index contributed by atoms with van der Waals surface area (Å²) in [5, 5.41) is 10.8. The molecule has 3 aliphatic rings. The van der Waals surface area contributed by atoms with E-state index in [4.69, 9.17) is 4.74 Å². The zero-order chi connectivity index (χ0) is 17.1. The van der Waals surface area contributed by atoms with Crippen molar-refractivity contribution in [3.05, 3.63) is 23.3 Å². The lowest BCUT2D eigenvalue weighted by Gasteiger charge is -2.31. The van der Waals surface area contributed by atoms with Gasteiger partial charge in [0.2, 0.25) is 0 Å². The third kappa shape index (κ3) is 4.09. The molecule has 0 bridgehead atoms. The van der Waals surface area contributed by atoms with Gasteiger partial charge in [0.15, 0.2) is 0 Å². The fourth-order valence-electron chi connectivity index (χ4n) is 4.42. The van der Waals surface area contributed by atoms with E-state index in [-0.39, 0.29) is 23.9 Å². The topological polar surface area (TPSA) is 49.8 Å². The van der Waals surface area contributed by atoms with Crippen LogP contribution in [0, 0.1) is 11.8 Å². The number of nitrogens with zero attached hydrogens (tertiary/aromatic N) is 1. The summed E-state index contributed by atoms with van der Waals surface area (Å²) in [5.41, 5.74) is 2.46. The summed E-state index contributed by atoms with van der Waals surface area (Å²) in [7, 11) is 0. The maximum Gasteiger partial charge on any atom is 0.311 e. The minimum Gasteiger partial charge on any atom is -0.461 e. The van der Waals surface area contributed by atoms with Crippen molar-refractivity contribution in [1.82, 2.24) is 4.90 Å². The fraction of sp³-hybridized carbons (Fsp3) is 0.750. The van der Waals surface area contributed by atoms with Gasteiger partial charge in [-0.15, -0.1) is 0 Å². The molecule has 2 fully saturated rings. The Morgan fingerprint density at radius 3 is 2.71 bits per heavy atom. The molecule has 1 aliphatic carbocycles. The summed E-state index contributed by atoms with van der Waals surface area (Å²) >= 11 is 0. The van der Waals surface area contributed by atoms with Gasteiger partial charge in [0.05, 0.1) is 12.0 Å². The van der Waals surface area contributed by atoms with Gasteiger partial charge in [-0.3, -0.25) is 4.79 Å². The molecule has 3 rings (SSSR count). The van der Waals surface area contributed by atoms with Gasteiger partial charge in [-0.05, 0) is 52.6 Å². The van der Waals surface area contributed by atoms with Crippen molar-refractivity contribution >= 4 is 5.97 Å². The van der Waals surface area contributed by atoms with Crippen LogP contribution in [0.1, 0.15) is 52.4 Å². The van der Waals surface area contributed by atoms with Crippen molar-refractivity contribution in [2.24, 2.45) is 11.8 Å². The first kappa shape index (κ1) is 17.7. The summed E-state index contributed by atoms with van der Waals surface area (Å²) in [6.07, 6.45) is 9.82. The Kier molecular flexibility index (Phi) is 5.77. The van der Waals surface area contributed by atoms with Gasteiger partial charge in [-0.2, -0.15) is 0 Å². The first-order valence-electron chi connectivity index (χ1n) is 9.48. The molecule has 0 aromatic carbocycles. The Labute approximate surface area is 145 Å². The Bertz CT molecular complexity index is 519. The predicted octanol–water partition coefficient (Wildman–Crippen LogP) is 3.07. The second-order valence-electron chi connectivity index (χ2n) is 7.82. The van der Waals surface area contributed by atoms with Gasteiger partial charge in [0.1, 0.15) is 6.10 Å². The number of hydrogen-bond donors (Lipinski definition) is 1. The lowest BCUT2D eigenvalue weighted by atomic mass is 9.81. The number of aliphatic hydroxyl groups excluding tert-OH is 1. The van der Waals surface area contributed by atoms with Crippen molar-refractivity contribution in [3.8, 4) is 0 Å². The van der Waals surface area contributed by atoms with Crippen LogP contribution in [0.5, 0.6) is 0 Å². The van der Waals surface area contributed by atoms with Crippen LogP contribution in [0.3, 0.4) is 0 Å². The largest absolute Gasteiger partial charge is 0.461 e. The molecule has 2 heterocycles. The van der Waals surface area contributed by atoms with Crippen LogP contribution in [-0.4, -0.2) is 47.8 Å². The van der Waals surface area contributed by atoms with E-state index < -0.39 is 6.10 Å². The molecule has 134 valence electrons. The molecular weight excluding hydrogens is 302 g/mol. The number of esters is 1. The highest BCUT2D eigenvalue weighted by molar-refractivity contribution is 5.76. The highest BCUT2D eigenvalue weighted by Crippen LogP contribution is 2.37. The minimum absolute atomic E-state index is 0.118. The van der Waals surface area contributed by atoms with E-state index in [2.05, 4.69) is 24.8 Å². The Morgan fingerprint density at radius 1 is 1.21 bits per heavy atom. The van der Waals surface area contributed by atoms with Gasteiger partial charge in [0.25, 0.3) is 0 Å². The van der Waals surface area contributed by atoms with E-state index in [1.54, 1.807) is 0 Å². The molecule has 24 heavy (non-hydrogen) atoms. The van der Waals surface area contributed by atoms with E-state index in [0.29, 0.717) is 0 Å². The summed E-state index contributed by atoms with van der Waals surface area (Å²) in [4.78, 5) is 14.9. The number of piperidine rings is 1. The monoisotopic (exact) mass is 333 g/mol. The number of rotatable bonds is 2. The maximum absolute atomic E-state index is 12.5. The molecule has 0 amide bonds. The number of hydrogen-bond acceptors (Lipinski definition) is 4. The number of carbonyl (C=O) groups excluding carboxylic acids is 1. The summed E-state index contributed by atoms with van der Waals surface area (Å²) in [6.45, 7) is 7.03. The zero-order valence-electron chi connectivity index (χ0n) is 15.0. The van der Waals surface area contributed by atoms with Crippen molar-refractivity contribution in [3.63, 3.8) is 0 Å². The first-order chi connectivity index (χ1) is 11.5. The predicted molar refractivity (Wildman–Crippen MR) is 94.5 cm³/mol. The summed E-state index contributed by atoms with van der Waals surface area (Å²) in [5.74, 6) is -0.456. The second-order valence-corrected chi connectivity index (χ2v) is 7.82. The quantitative estimate of drug-likeness (QED) is 0.623. The highest BCUT2D eigenvalue weighted by atomic mass is 16.6. The molecule has 4 nitrogen and oxygen atoms in total. The highest BCUT2D eigenvalue weighted by Gasteiger charge is 2.48. The van der Waals surface area contributed by atoms with E-state index in [1.807, 2.05) is 6.08 Å². The smallest absolute Gasteiger partial charge is 0.311 e. The third-order valence-electron chi connectivity index (χ3n) is 5.77. The van der Waals surface area contributed by atoms with Crippen LogP contribution in [0.2, 0.25) is 0 Å². The Balaban J connectivity index is 1.81. The van der Waals surface area contributed by atoms with Crippen molar-refractivity contribution in [1.29, 1.82) is 0 Å². The zero-order valence-corrected chi connectivity index (χ0v) is 15.0. The SMILES string of the molecule is C/C1=C/[C@@H](O)[C@@H]2[C@H](C/C(C)=C\CC1)OC(=O)[C@@H]2CN1CCCCC1. The molecule has 4 atom stereocenters. The molecule has 0 spiro atoms. The molecule has 0 unspecified atom stereocenters. The van der Waals surface area contributed by atoms with Gasteiger partial charge in [-0.1, -0.05) is 29.7 Å². The lowest BCUT2D eigenvalue weighted by molar-refractivity contribution is -0.144. The average molecular weight is 333 g/mol. The molecule has 2 aliphatic heterocycles. The molecule has 0 radical (unpaired) electrons. The van der Waals surface area contributed by atoms with E-state index in [9.17, 15) is 9.90 Å². The Hall–Kier alpha value is -1.13. The third-order valence-corrected chi connectivity index (χ3v) is 5.77. The number of fused-ring (bicyclic) bond motifs is 1. The fourth-order valence-corrected chi connectivity index (χ4v) is 4.42. The van der Waals surface area contributed by atoms with E-state index >= 15 is 0 Å². The number of aliphatic hydroxyl groups is 1.